The summed E-state index contributed by atoms with van der Waals surface area (Å²) in [4.78, 5) is 38.9. The summed E-state index contributed by atoms with van der Waals surface area (Å²) in [6.45, 7) is 4.35. The Kier molecular flexibility index (Phi) is 6.86. The highest BCUT2D eigenvalue weighted by Gasteiger charge is 2.37. The van der Waals surface area contributed by atoms with E-state index in [4.69, 9.17) is 0 Å². The van der Waals surface area contributed by atoms with Crippen LogP contribution in [0.1, 0.15) is 36.2 Å². The summed E-state index contributed by atoms with van der Waals surface area (Å²) in [6, 6.07) is 11.0. The number of carbonyl (C=O) groups is 3. The molecule has 1 aliphatic rings. The average Bonchev–Trinajstić information content (AvgIpc) is 3.13. The number of hydrogen-bond donors (Lipinski definition) is 2. The molecule has 1 aliphatic heterocycles. The zero-order chi connectivity index (χ0) is 23.5. The van der Waals surface area contributed by atoms with Crippen molar-refractivity contribution in [1.82, 2.24) is 5.32 Å². The molecule has 3 amide bonds. The fraction of sp³-hybridized carbons (Fsp3) is 0.348. The van der Waals surface area contributed by atoms with E-state index in [2.05, 4.69) is 10.6 Å². The third-order valence-electron chi connectivity index (χ3n) is 5.08. The van der Waals surface area contributed by atoms with Crippen molar-refractivity contribution in [1.29, 1.82) is 0 Å². The van der Waals surface area contributed by atoms with Crippen LogP contribution in [-0.4, -0.2) is 30.8 Å². The molecule has 2 aromatic rings. The molecule has 0 spiro atoms. The monoisotopic (exact) mass is 447 g/mol. The molecule has 3 rings (SSSR count). The molecule has 2 aromatic carbocycles. The maximum Gasteiger partial charge on any atom is 0.416 e. The van der Waals surface area contributed by atoms with Gasteiger partial charge in [0, 0.05) is 25.2 Å². The minimum absolute atomic E-state index is 0.0479. The quantitative estimate of drug-likeness (QED) is 0.701. The predicted molar refractivity (Wildman–Crippen MR) is 114 cm³/mol. The Morgan fingerprint density at radius 3 is 2.53 bits per heavy atom. The zero-order valence-electron chi connectivity index (χ0n) is 17.7. The molecule has 0 unspecified atom stereocenters. The standard InChI is InChI=1S/C23H24F3N3O3/c1-14(2)12-27-22(32)18-8-3-4-9-19(18)28-21(31)15-10-20(30)29(13-15)17-7-5-6-16(11-17)23(24,25)26/h3-9,11,14-15H,10,12-13H2,1-2H3,(H,27,32)(H,28,31)/t15-/m0/s1. The number of anilines is 2. The van der Waals surface area contributed by atoms with E-state index < -0.39 is 29.5 Å². The number of alkyl halides is 3. The smallest absolute Gasteiger partial charge is 0.352 e. The van der Waals surface area contributed by atoms with Crippen molar-refractivity contribution < 1.29 is 27.6 Å². The van der Waals surface area contributed by atoms with Crippen LogP contribution in [-0.2, 0) is 15.8 Å². The average molecular weight is 447 g/mol. The largest absolute Gasteiger partial charge is 0.416 e. The number of para-hydroxylation sites is 1. The van der Waals surface area contributed by atoms with Gasteiger partial charge in [0.25, 0.3) is 5.91 Å². The number of nitrogens with one attached hydrogen (secondary N) is 2. The number of rotatable bonds is 6. The Morgan fingerprint density at radius 1 is 1.12 bits per heavy atom. The van der Waals surface area contributed by atoms with Gasteiger partial charge in [0.2, 0.25) is 11.8 Å². The molecule has 1 fully saturated rings. The normalized spacial score (nSPS) is 16.4. The lowest BCUT2D eigenvalue weighted by Crippen LogP contribution is -2.30. The van der Waals surface area contributed by atoms with E-state index in [9.17, 15) is 27.6 Å². The second-order valence-corrected chi connectivity index (χ2v) is 8.09. The van der Waals surface area contributed by atoms with E-state index in [1.54, 1.807) is 24.3 Å². The Hall–Kier alpha value is -3.36. The van der Waals surface area contributed by atoms with Crippen LogP contribution in [0.3, 0.4) is 0 Å². The number of hydrogen-bond acceptors (Lipinski definition) is 3. The minimum Gasteiger partial charge on any atom is -0.352 e. The Balaban J connectivity index is 1.72. The maximum absolute atomic E-state index is 13.0. The van der Waals surface area contributed by atoms with Crippen molar-refractivity contribution in [2.45, 2.75) is 26.4 Å². The summed E-state index contributed by atoms with van der Waals surface area (Å²) in [5.74, 6) is -1.75. The molecule has 2 N–H and O–H groups in total. The van der Waals surface area contributed by atoms with Gasteiger partial charge in [0.05, 0.1) is 22.7 Å². The third-order valence-corrected chi connectivity index (χ3v) is 5.08. The first kappa shape index (κ1) is 23.3. The van der Waals surface area contributed by atoms with E-state index in [0.717, 1.165) is 12.1 Å². The number of carbonyl (C=O) groups excluding carboxylic acids is 3. The van der Waals surface area contributed by atoms with Crippen molar-refractivity contribution in [2.24, 2.45) is 11.8 Å². The first-order valence-corrected chi connectivity index (χ1v) is 10.2. The van der Waals surface area contributed by atoms with E-state index in [-0.39, 0.29) is 30.5 Å². The van der Waals surface area contributed by atoms with E-state index >= 15 is 0 Å². The van der Waals surface area contributed by atoms with Gasteiger partial charge in [-0.2, -0.15) is 13.2 Å². The van der Waals surface area contributed by atoms with Gasteiger partial charge < -0.3 is 15.5 Å². The summed E-state index contributed by atoms with van der Waals surface area (Å²) in [7, 11) is 0. The molecular weight excluding hydrogens is 423 g/mol. The Morgan fingerprint density at radius 2 is 1.84 bits per heavy atom. The second kappa shape index (κ2) is 9.42. The fourth-order valence-electron chi connectivity index (χ4n) is 3.40. The molecule has 0 aromatic heterocycles. The van der Waals surface area contributed by atoms with Crippen molar-refractivity contribution in [2.75, 3.05) is 23.3 Å². The molecule has 32 heavy (non-hydrogen) atoms. The fourth-order valence-corrected chi connectivity index (χ4v) is 3.40. The summed E-state index contributed by atoms with van der Waals surface area (Å²) < 4.78 is 39.0. The molecule has 0 bridgehead atoms. The topological polar surface area (TPSA) is 78.5 Å². The number of nitrogens with zero attached hydrogens (tertiary/aromatic N) is 1. The minimum atomic E-state index is -4.53. The first-order valence-electron chi connectivity index (χ1n) is 10.2. The molecular formula is C23H24F3N3O3. The maximum atomic E-state index is 13.0. The SMILES string of the molecule is CC(C)CNC(=O)c1ccccc1NC(=O)[C@H]1CC(=O)N(c2cccc(C(F)(F)F)c2)C1. The summed E-state index contributed by atoms with van der Waals surface area (Å²) in [5, 5.41) is 5.48. The summed E-state index contributed by atoms with van der Waals surface area (Å²) in [6.07, 6.45) is -4.67. The molecule has 9 heteroatoms. The van der Waals surface area contributed by atoms with Crippen LogP contribution in [0.25, 0.3) is 0 Å². The molecule has 1 saturated heterocycles. The highest BCUT2D eigenvalue weighted by Crippen LogP contribution is 2.33. The Bertz CT molecular complexity index is 1020. The van der Waals surface area contributed by atoms with Gasteiger partial charge in [-0.05, 0) is 36.2 Å². The molecule has 1 heterocycles. The zero-order valence-corrected chi connectivity index (χ0v) is 17.7. The number of benzene rings is 2. The van der Waals surface area contributed by atoms with Gasteiger partial charge in [-0.15, -0.1) is 0 Å². The summed E-state index contributed by atoms with van der Waals surface area (Å²) in [5.41, 5.74) is -0.171. The molecule has 1 atom stereocenters. The van der Waals surface area contributed by atoms with Gasteiger partial charge >= 0.3 is 6.18 Å². The Labute approximate surface area is 183 Å². The van der Waals surface area contributed by atoms with Gasteiger partial charge in [-0.25, -0.2) is 0 Å². The van der Waals surface area contributed by atoms with Crippen molar-refractivity contribution in [3.8, 4) is 0 Å². The van der Waals surface area contributed by atoms with Gasteiger partial charge in [0.1, 0.15) is 0 Å². The molecule has 0 aliphatic carbocycles. The van der Waals surface area contributed by atoms with Gasteiger partial charge in [0.15, 0.2) is 0 Å². The van der Waals surface area contributed by atoms with E-state index in [0.29, 0.717) is 17.8 Å². The first-order chi connectivity index (χ1) is 15.1. The van der Waals surface area contributed by atoms with Crippen LogP contribution in [0.15, 0.2) is 48.5 Å². The second-order valence-electron chi connectivity index (χ2n) is 8.09. The molecule has 0 radical (unpaired) electrons. The van der Waals surface area contributed by atoms with Crippen LogP contribution in [0, 0.1) is 11.8 Å². The van der Waals surface area contributed by atoms with Crippen LogP contribution >= 0.6 is 0 Å². The molecule has 0 saturated carbocycles. The van der Waals surface area contributed by atoms with Crippen molar-refractivity contribution in [3.05, 3.63) is 59.7 Å². The number of amides is 3. The van der Waals surface area contributed by atoms with Crippen LogP contribution < -0.4 is 15.5 Å². The van der Waals surface area contributed by atoms with E-state index in [1.807, 2.05) is 13.8 Å². The van der Waals surface area contributed by atoms with Gasteiger partial charge in [-0.3, -0.25) is 14.4 Å². The van der Waals surface area contributed by atoms with Crippen LogP contribution in [0.4, 0.5) is 24.5 Å². The lowest BCUT2D eigenvalue weighted by molar-refractivity contribution is -0.137. The highest BCUT2D eigenvalue weighted by molar-refractivity contribution is 6.07. The lowest BCUT2D eigenvalue weighted by atomic mass is 10.1. The van der Waals surface area contributed by atoms with Crippen LogP contribution in [0.5, 0.6) is 0 Å². The van der Waals surface area contributed by atoms with Gasteiger partial charge in [-0.1, -0.05) is 32.0 Å². The number of halogens is 3. The predicted octanol–water partition coefficient (Wildman–Crippen LogP) is 4.08. The third kappa shape index (κ3) is 5.46. The summed E-state index contributed by atoms with van der Waals surface area (Å²) >= 11 is 0. The lowest BCUT2D eigenvalue weighted by Gasteiger charge is -2.18. The highest BCUT2D eigenvalue weighted by atomic mass is 19.4. The van der Waals surface area contributed by atoms with Crippen LogP contribution in [0.2, 0.25) is 0 Å². The molecule has 6 nitrogen and oxygen atoms in total. The van der Waals surface area contributed by atoms with Crippen molar-refractivity contribution in [3.63, 3.8) is 0 Å². The molecule has 170 valence electrons. The van der Waals surface area contributed by atoms with Crippen molar-refractivity contribution >= 4 is 29.1 Å². The van der Waals surface area contributed by atoms with E-state index in [1.165, 1.54) is 17.0 Å².